The van der Waals surface area contributed by atoms with Crippen molar-refractivity contribution in [1.29, 1.82) is 0 Å². The van der Waals surface area contributed by atoms with E-state index in [1.165, 1.54) is 18.4 Å². The Labute approximate surface area is 151 Å². The van der Waals surface area contributed by atoms with Crippen molar-refractivity contribution < 1.29 is 9.53 Å². The first-order valence-electron chi connectivity index (χ1n) is 9.90. The Morgan fingerprint density at radius 1 is 1.12 bits per heavy atom. The SMILES string of the molecule is CN1[C@@H]2CC[C@H]1CC(N(Cc1ccccc1)C(=O)[C@H]1CCCCO1)C2. The molecule has 3 aliphatic heterocycles. The number of amides is 1. The fourth-order valence-corrected chi connectivity index (χ4v) is 4.92. The van der Waals surface area contributed by atoms with E-state index >= 15 is 0 Å². The Bertz CT molecular complexity index is 571. The highest BCUT2D eigenvalue weighted by Crippen LogP contribution is 2.37. The van der Waals surface area contributed by atoms with Crippen molar-refractivity contribution in [3.8, 4) is 0 Å². The van der Waals surface area contributed by atoms with Gasteiger partial charge in [0.1, 0.15) is 6.10 Å². The molecule has 4 atom stereocenters. The third-order valence-corrected chi connectivity index (χ3v) is 6.45. The Hall–Kier alpha value is -1.39. The molecule has 4 heteroatoms. The van der Waals surface area contributed by atoms with Crippen LogP contribution in [0.4, 0.5) is 0 Å². The van der Waals surface area contributed by atoms with Crippen LogP contribution >= 0.6 is 0 Å². The molecule has 0 saturated carbocycles. The summed E-state index contributed by atoms with van der Waals surface area (Å²) in [5.41, 5.74) is 1.22. The van der Waals surface area contributed by atoms with Crippen LogP contribution < -0.4 is 0 Å². The summed E-state index contributed by atoms with van der Waals surface area (Å²) in [7, 11) is 2.26. The number of hydrogen-bond donors (Lipinski definition) is 0. The molecule has 4 nitrogen and oxygen atoms in total. The van der Waals surface area contributed by atoms with Gasteiger partial charge in [-0.1, -0.05) is 30.3 Å². The maximum absolute atomic E-state index is 13.3. The van der Waals surface area contributed by atoms with Crippen LogP contribution in [0, 0.1) is 0 Å². The molecule has 3 saturated heterocycles. The second-order valence-electron chi connectivity index (χ2n) is 7.98. The standard InChI is InChI=1S/C21H30N2O2/c1-22-17-10-11-18(22)14-19(13-17)23(15-16-7-3-2-4-8-16)21(24)20-9-5-6-12-25-20/h2-4,7-8,17-20H,5-6,9-15H2,1H3/t17-,18+,19?,20-/m1/s1. The molecule has 3 heterocycles. The monoisotopic (exact) mass is 342 g/mol. The van der Waals surface area contributed by atoms with Gasteiger partial charge in [0.25, 0.3) is 5.91 Å². The van der Waals surface area contributed by atoms with E-state index in [0.717, 1.165) is 38.7 Å². The fraction of sp³-hybridized carbons (Fsp3) is 0.667. The molecular weight excluding hydrogens is 312 g/mol. The van der Waals surface area contributed by atoms with Crippen molar-refractivity contribution in [2.45, 2.75) is 75.7 Å². The number of benzene rings is 1. The molecule has 0 aromatic heterocycles. The number of carbonyl (C=O) groups excluding carboxylic acids is 1. The molecule has 3 aliphatic rings. The van der Waals surface area contributed by atoms with Crippen molar-refractivity contribution >= 4 is 5.91 Å². The average molecular weight is 342 g/mol. The van der Waals surface area contributed by atoms with Crippen LogP contribution in [0.15, 0.2) is 30.3 Å². The summed E-state index contributed by atoms with van der Waals surface area (Å²) >= 11 is 0. The number of rotatable bonds is 4. The van der Waals surface area contributed by atoms with E-state index in [0.29, 0.717) is 24.7 Å². The van der Waals surface area contributed by atoms with Gasteiger partial charge in [-0.25, -0.2) is 0 Å². The Balaban J connectivity index is 1.54. The number of hydrogen-bond acceptors (Lipinski definition) is 3. The zero-order valence-electron chi connectivity index (χ0n) is 15.3. The number of nitrogens with zero attached hydrogens (tertiary/aromatic N) is 2. The van der Waals surface area contributed by atoms with Gasteiger partial charge < -0.3 is 14.5 Å². The zero-order valence-corrected chi connectivity index (χ0v) is 15.3. The van der Waals surface area contributed by atoms with Gasteiger partial charge in [-0.05, 0) is 57.6 Å². The minimum atomic E-state index is -0.227. The quantitative estimate of drug-likeness (QED) is 0.842. The van der Waals surface area contributed by atoms with E-state index in [2.05, 4.69) is 41.1 Å². The maximum atomic E-state index is 13.3. The van der Waals surface area contributed by atoms with Crippen LogP contribution in [0.1, 0.15) is 50.5 Å². The summed E-state index contributed by atoms with van der Waals surface area (Å²) in [5.74, 6) is 0.220. The van der Waals surface area contributed by atoms with Gasteiger partial charge in [-0.3, -0.25) is 4.79 Å². The van der Waals surface area contributed by atoms with Crippen LogP contribution in [0.2, 0.25) is 0 Å². The van der Waals surface area contributed by atoms with Crippen LogP contribution in [-0.4, -0.2) is 53.6 Å². The van der Waals surface area contributed by atoms with Gasteiger partial charge in [0.15, 0.2) is 0 Å². The summed E-state index contributed by atoms with van der Waals surface area (Å²) in [6.07, 6.45) is 7.63. The normalized spacial score (nSPS) is 32.5. The lowest BCUT2D eigenvalue weighted by Gasteiger charge is -2.43. The van der Waals surface area contributed by atoms with Crippen molar-refractivity contribution in [3.05, 3.63) is 35.9 Å². The Morgan fingerprint density at radius 3 is 2.48 bits per heavy atom. The smallest absolute Gasteiger partial charge is 0.252 e. The number of piperidine rings is 1. The lowest BCUT2D eigenvalue weighted by molar-refractivity contribution is -0.151. The van der Waals surface area contributed by atoms with Gasteiger partial charge in [-0.2, -0.15) is 0 Å². The molecule has 0 aliphatic carbocycles. The van der Waals surface area contributed by atoms with Gasteiger partial charge in [-0.15, -0.1) is 0 Å². The van der Waals surface area contributed by atoms with Crippen molar-refractivity contribution in [2.24, 2.45) is 0 Å². The second-order valence-corrected chi connectivity index (χ2v) is 7.98. The zero-order chi connectivity index (χ0) is 17.2. The van der Waals surface area contributed by atoms with Crippen molar-refractivity contribution in [2.75, 3.05) is 13.7 Å². The predicted molar refractivity (Wildman–Crippen MR) is 98.2 cm³/mol. The third-order valence-electron chi connectivity index (χ3n) is 6.45. The van der Waals surface area contributed by atoms with E-state index in [-0.39, 0.29) is 12.0 Å². The first-order valence-corrected chi connectivity index (χ1v) is 9.90. The Morgan fingerprint density at radius 2 is 1.84 bits per heavy atom. The molecule has 2 bridgehead atoms. The fourth-order valence-electron chi connectivity index (χ4n) is 4.92. The lowest BCUT2D eigenvalue weighted by Crippen LogP contribution is -2.53. The molecule has 1 unspecified atom stereocenters. The van der Waals surface area contributed by atoms with Gasteiger partial charge in [0.05, 0.1) is 0 Å². The van der Waals surface area contributed by atoms with E-state index in [4.69, 9.17) is 4.74 Å². The second kappa shape index (κ2) is 7.46. The molecule has 4 rings (SSSR count). The van der Waals surface area contributed by atoms with Gasteiger partial charge in [0, 0.05) is 31.3 Å². The summed E-state index contributed by atoms with van der Waals surface area (Å²) in [6.45, 7) is 1.45. The van der Waals surface area contributed by atoms with Crippen LogP contribution in [0.25, 0.3) is 0 Å². The first-order chi connectivity index (χ1) is 12.2. The molecule has 136 valence electrons. The molecule has 0 radical (unpaired) electrons. The molecular formula is C21H30N2O2. The minimum absolute atomic E-state index is 0.220. The molecule has 1 aromatic rings. The van der Waals surface area contributed by atoms with Crippen LogP contribution in [0.3, 0.4) is 0 Å². The molecule has 0 N–H and O–H groups in total. The molecule has 1 aromatic carbocycles. The van der Waals surface area contributed by atoms with Crippen molar-refractivity contribution in [1.82, 2.24) is 9.80 Å². The van der Waals surface area contributed by atoms with Crippen LogP contribution in [-0.2, 0) is 16.1 Å². The molecule has 0 spiro atoms. The van der Waals surface area contributed by atoms with Crippen LogP contribution in [0.5, 0.6) is 0 Å². The van der Waals surface area contributed by atoms with Gasteiger partial charge >= 0.3 is 0 Å². The first kappa shape index (κ1) is 17.0. The predicted octanol–water partition coefficient (Wildman–Crippen LogP) is 3.21. The van der Waals surface area contributed by atoms with Gasteiger partial charge in [0.2, 0.25) is 0 Å². The largest absolute Gasteiger partial charge is 0.368 e. The maximum Gasteiger partial charge on any atom is 0.252 e. The molecule has 25 heavy (non-hydrogen) atoms. The summed E-state index contributed by atoms with van der Waals surface area (Å²) in [4.78, 5) is 18.0. The third kappa shape index (κ3) is 3.61. The number of carbonyl (C=O) groups is 1. The topological polar surface area (TPSA) is 32.8 Å². The highest BCUT2D eigenvalue weighted by atomic mass is 16.5. The highest BCUT2D eigenvalue weighted by molar-refractivity contribution is 5.81. The van der Waals surface area contributed by atoms with E-state index in [1.807, 2.05) is 6.07 Å². The number of ether oxygens (including phenoxy) is 1. The van der Waals surface area contributed by atoms with E-state index in [9.17, 15) is 4.79 Å². The molecule has 3 fully saturated rings. The average Bonchev–Trinajstić information content (AvgIpc) is 2.87. The van der Waals surface area contributed by atoms with Crippen molar-refractivity contribution in [3.63, 3.8) is 0 Å². The lowest BCUT2D eigenvalue weighted by atomic mass is 9.95. The summed E-state index contributed by atoms with van der Waals surface area (Å²) < 4.78 is 5.84. The minimum Gasteiger partial charge on any atom is -0.368 e. The van der Waals surface area contributed by atoms with E-state index < -0.39 is 0 Å². The number of fused-ring (bicyclic) bond motifs is 2. The Kier molecular flexibility index (Phi) is 5.09. The van der Waals surface area contributed by atoms with E-state index in [1.54, 1.807) is 0 Å². The molecule has 1 amide bonds. The summed E-state index contributed by atoms with van der Waals surface area (Å²) in [6, 6.07) is 12.1. The highest BCUT2D eigenvalue weighted by Gasteiger charge is 2.42. The summed E-state index contributed by atoms with van der Waals surface area (Å²) in [5, 5.41) is 0.